The molecule has 0 N–H and O–H groups in total. The van der Waals surface area contributed by atoms with Gasteiger partial charge in [0.15, 0.2) is 0 Å². The first-order valence-corrected chi connectivity index (χ1v) is 7.61. The smallest absolute Gasteiger partial charge is 0.0572 e. The van der Waals surface area contributed by atoms with E-state index in [9.17, 15) is 0 Å². The Bertz CT molecular complexity index is 163. The lowest BCUT2D eigenvalue weighted by molar-refractivity contribution is 0.0437. The molecule has 0 saturated heterocycles. The second kappa shape index (κ2) is 13.8. The molecule has 0 rings (SSSR count). The van der Waals surface area contributed by atoms with Crippen molar-refractivity contribution in [3.63, 3.8) is 0 Å². The van der Waals surface area contributed by atoms with Crippen LogP contribution in [0, 0.1) is 0 Å². The molecule has 0 aromatic heterocycles. The van der Waals surface area contributed by atoms with Crippen LogP contribution in [0.1, 0.15) is 78.6 Å². The van der Waals surface area contributed by atoms with Gasteiger partial charge in [-0.3, -0.25) is 0 Å². The van der Waals surface area contributed by atoms with Crippen LogP contribution < -0.4 is 0 Å². The van der Waals surface area contributed by atoms with Gasteiger partial charge in [-0.05, 0) is 38.5 Å². The molecule has 0 heterocycles. The van der Waals surface area contributed by atoms with Crippen molar-refractivity contribution in [3.8, 4) is 0 Å². The summed E-state index contributed by atoms with van der Waals surface area (Å²) >= 11 is 0. The van der Waals surface area contributed by atoms with Crippen LogP contribution in [-0.2, 0) is 4.74 Å². The highest BCUT2D eigenvalue weighted by Crippen LogP contribution is 2.11. The summed E-state index contributed by atoms with van der Waals surface area (Å²) in [7, 11) is 0. The van der Waals surface area contributed by atoms with Gasteiger partial charge in [-0.2, -0.15) is 0 Å². The minimum Gasteiger partial charge on any atom is -0.378 e. The lowest BCUT2D eigenvalue weighted by atomic mass is 10.1. The van der Waals surface area contributed by atoms with E-state index in [2.05, 4.69) is 32.9 Å². The minimum absolute atomic E-state index is 0.499. The molecule has 0 spiro atoms. The van der Waals surface area contributed by atoms with E-state index in [4.69, 9.17) is 4.74 Å². The highest BCUT2D eigenvalue weighted by molar-refractivity contribution is 4.81. The molecule has 0 amide bonds. The molecular weight excluding hydrogens is 208 g/mol. The third-order valence-corrected chi connectivity index (χ3v) is 3.05. The van der Waals surface area contributed by atoms with Crippen molar-refractivity contribution in [1.29, 1.82) is 0 Å². The molecule has 0 fully saturated rings. The Kier molecular flexibility index (Phi) is 13.5. The summed E-state index contributed by atoms with van der Waals surface area (Å²) < 4.78 is 5.78. The van der Waals surface area contributed by atoms with Gasteiger partial charge in [0.2, 0.25) is 0 Å². The van der Waals surface area contributed by atoms with Crippen molar-refractivity contribution in [2.24, 2.45) is 0 Å². The fourth-order valence-corrected chi connectivity index (χ4v) is 1.88. The van der Waals surface area contributed by atoms with Crippen LogP contribution in [-0.4, -0.2) is 12.7 Å². The van der Waals surface area contributed by atoms with Crippen LogP contribution in [0.5, 0.6) is 0 Å². The Morgan fingerprint density at radius 3 is 2.18 bits per heavy atom. The average molecular weight is 240 g/mol. The van der Waals surface area contributed by atoms with Crippen molar-refractivity contribution in [2.45, 2.75) is 84.7 Å². The van der Waals surface area contributed by atoms with Gasteiger partial charge in [-0.15, -0.1) is 0 Å². The second-order valence-corrected chi connectivity index (χ2v) is 4.80. The van der Waals surface area contributed by atoms with Crippen LogP contribution >= 0.6 is 0 Å². The van der Waals surface area contributed by atoms with Gasteiger partial charge >= 0.3 is 0 Å². The quantitative estimate of drug-likeness (QED) is 0.323. The van der Waals surface area contributed by atoms with E-state index < -0.39 is 0 Å². The van der Waals surface area contributed by atoms with Crippen LogP contribution in [0.4, 0.5) is 0 Å². The Morgan fingerprint density at radius 1 is 0.882 bits per heavy atom. The highest BCUT2D eigenvalue weighted by atomic mass is 16.5. The molecule has 0 radical (unpaired) electrons. The summed E-state index contributed by atoms with van der Waals surface area (Å²) in [4.78, 5) is 0. The standard InChI is InChI=1S/C16H32O/c1-4-7-8-9-10-11-12-13-14-16(6-3)17-15-5-2/h9-10,16H,4-8,11-15H2,1-3H3/b10-9-. The molecule has 0 aromatic carbocycles. The summed E-state index contributed by atoms with van der Waals surface area (Å²) in [6.45, 7) is 7.57. The number of hydrogen-bond acceptors (Lipinski definition) is 1. The van der Waals surface area contributed by atoms with Gasteiger partial charge in [0, 0.05) is 6.61 Å². The molecule has 0 aromatic rings. The number of allylic oxidation sites excluding steroid dienone is 2. The zero-order chi connectivity index (χ0) is 12.8. The number of rotatable bonds is 12. The molecule has 1 heteroatoms. The van der Waals surface area contributed by atoms with E-state index in [1.807, 2.05) is 0 Å². The van der Waals surface area contributed by atoms with Crippen LogP contribution in [0.3, 0.4) is 0 Å². The normalized spacial score (nSPS) is 13.4. The SMILES string of the molecule is CCCC/C=C\CCCCC(CC)OCCC. The van der Waals surface area contributed by atoms with Gasteiger partial charge < -0.3 is 4.74 Å². The molecule has 0 aliphatic carbocycles. The molecule has 0 aliphatic rings. The van der Waals surface area contributed by atoms with Crippen molar-refractivity contribution < 1.29 is 4.74 Å². The Hall–Kier alpha value is -0.300. The summed E-state index contributed by atoms with van der Waals surface area (Å²) in [6.07, 6.45) is 16.5. The van der Waals surface area contributed by atoms with Gasteiger partial charge in [0.05, 0.1) is 6.10 Å². The second-order valence-electron chi connectivity index (χ2n) is 4.80. The maximum absolute atomic E-state index is 5.78. The molecule has 102 valence electrons. The Morgan fingerprint density at radius 2 is 1.59 bits per heavy atom. The Labute approximate surface area is 109 Å². The van der Waals surface area contributed by atoms with Crippen LogP contribution in [0.15, 0.2) is 12.2 Å². The van der Waals surface area contributed by atoms with E-state index in [-0.39, 0.29) is 0 Å². The van der Waals surface area contributed by atoms with Crippen molar-refractivity contribution in [3.05, 3.63) is 12.2 Å². The summed E-state index contributed by atoms with van der Waals surface area (Å²) in [6, 6.07) is 0. The third-order valence-electron chi connectivity index (χ3n) is 3.05. The minimum atomic E-state index is 0.499. The van der Waals surface area contributed by atoms with Crippen molar-refractivity contribution in [1.82, 2.24) is 0 Å². The van der Waals surface area contributed by atoms with E-state index in [0.717, 1.165) is 19.4 Å². The molecule has 1 atom stereocenters. The number of hydrogen-bond donors (Lipinski definition) is 0. The maximum atomic E-state index is 5.78. The van der Waals surface area contributed by atoms with Crippen LogP contribution in [0.2, 0.25) is 0 Å². The van der Waals surface area contributed by atoms with Crippen molar-refractivity contribution >= 4 is 0 Å². The largest absolute Gasteiger partial charge is 0.378 e. The summed E-state index contributed by atoms with van der Waals surface area (Å²) in [5, 5.41) is 0. The fraction of sp³-hybridized carbons (Fsp3) is 0.875. The predicted molar refractivity (Wildman–Crippen MR) is 77.5 cm³/mol. The number of ether oxygens (including phenoxy) is 1. The molecular formula is C16H32O. The maximum Gasteiger partial charge on any atom is 0.0572 e. The Balaban J connectivity index is 3.32. The van der Waals surface area contributed by atoms with E-state index in [1.54, 1.807) is 0 Å². The molecule has 0 saturated carbocycles. The molecule has 0 aliphatic heterocycles. The van der Waals surface area contributed by atoms with E-state index in [0.29, 0.717) is 6.10 Å². The first-order chi connectivity index (χ1) is 8.35. The van der Waals surface area contributed by atoms with Gasteiger partial charge in [-0.1, -0.05) is 52.2 Å². The highest BCUT2D eigenvalue weighted by Gasteiger charge is 2.04. The van der Waals surface area contributed by atoms with Crippen molar-refractivity contribution in [2.75, 3.05) is 6.61 Å². The first-order valence-electron chi connectivity index (χ1n) is 7.61. The first kappa shape index (κ1) is 16.7. The van der Waals surface area contributed by atoms with Gasteiger partial charge in [-0.25, -0.2) is 0 Å². The van der Waals surface area contributed by atoms with Crippen LogP contribution in [0.25, 0.3) is 0 Å². The van der Waals surface area contributed by atoms with Gasteiger partial charge in [0.1, 0.15) is 0 Å². The topological polar surface area (TPSA) is 9.23 Å². The predicted octanol–water partition coefficient (Wildman–Crippen LogP) is 5.50. The zero-order valence-corrected chi connectivity index (χ0v) is 12.2. The van der Waals surface area contributed by atoms with E-state index in [1.165, 1.54) is 44.9 Å². The summed E-state index contributed by atoms with van der Waals surface area (Å²) in [5.41, 5.74) is 0. The molecule has 1 unspecified atom stereocenters. The van der Waals surface area contributed by atoms with Gasteiger partial charge in [0.25, 0.3) is 0 Å². The van der Waals surface area contributed by atoms with E-state index >= 15 is 0 Å². The molecule has 1 nitrogen and oxygen atoms in total. The lowest BCUT2D eigenvalue weighted by Gasteiger charge is -2.15. The lowest BCUT2D eigenvalue weighted by Crippen LogP contribution is -2.12. The molecule has 17 heavy (non-hydrogen) atoms. The summed E-state index contributed by atoms with van der Waals surface area (Å²) in [5.74, 6) is 0. The zero-order valence-electron chi connectivity index (χ0n) is 12.2. The molecule has 0 bridgehead atoms. The monoisotopic (exact) mass is 240 g/mol. The third kappa shape index (κ3) is 12.0. The fourth-order valence-electron chi connectivity index (χ4n) is 1.88. The number of unbranched alkanes of at least 4 members (excludes halogenated alkanes) is 4. The average Bonchev–Trinajstić information content (AvgIpc) is 2.36.